The summed E-state index contributed by atoms with van der Waals surface area (Å²) in [5.74, 6) is 0.934. The minimum atomic E-state index is 0.721. The van der Waals surface area contributed by atoms with Crippen molar-refractivity contribution in [2.24, 2.45) is 0 Å². The number of nitrogens with zero attached hydrogens (tertiary/aromatic N) is 2. The number of aromatic nitrogens is 2. The average molecular weight is 285 g/mol. The molecule has 0 saturated heterocycles. The van der Waals surface area contributed by atoms with Crippen LogP contribution >= 0.6 is 0 Å². The Morgan fingerprint density at radius 1 is 1.29 bits per heavy atom. The average Bonchev–Trinajstić information content (AvgIpc) is 3.26. The molecule has 0 aliphatic heterocycles. The van der Waals surface area contributed by atoms with Crippen LogP contribution in [-0.4, -0.2) is 22.4 Å². The molecule has 1 saturated carbocycles. The van der Waals surface area contributed by atoms with E-state index in [-0.39, 0.29) is 0 Å². The predicted molar refractivity (Wildman–Crippen MR) is 83.4 cm³/mol. The third kappa shape index (κ3) is 4.33. The van der Waals surface area contributed by atoms with Crippen molar-refractivity contribution in [3.63, 3.8) is 0 Å². The highest BCUT2D eigenvalue weighted by atomic mass is 16.5. The number of nitrogens with one attached hydrogen (secondary N) is 1. The van der Waals surface area contributed by atoms with Gasteiger partial charge >= 0.3 is 0 Å². The Kier molecular flexibility index (Phi) is 4.55. The molecule has 0 amide bonds. The Morgan fingerprint density at radius 2 is 2.10 bits per heavy atom. The maximum Gasteiger partial charge on any atom is 0.119 e. The van der Waals surface area contributed by atoms with Crippen molar-refractivity contribution in [2.75, 3.05) is 6.61 Å². The summed E-state index contributed by atoms with van der Waals surface area (Å²) in [7, 11) is 0. The van der Waals surface area contributed by atoms with E-state index in [0.29, 0.717) is 0 Å². The molecule has 1 heterocycles. The van der Waals surface area contributed by atoms with E-state index in [1.54, 1.807) is 0 Å². The summed E-state index contributed by atoms with van der Waals surface area (Å²) in [4.78, 5) is 0. The Balaban J connectivity index is 1.41. The van der Waals surface area contributed by atoms with Crippen LogP contribution in [0.2, 0.25) is 0 Å². The lowest BCUT2D eigenvalue weighted by molar-refractivity contribution is 0.298. The maximum atomic E-state index is 5.70. The molecule has 1 N–H and O–H groups in total. The fourth-order valence-corrected chi connectivity index (χ4v) is 2.32. The lowest BCUT2D eigenvalue weighted by Crippen LogP contribution is -2.15. The minimum absolute atomic E-state index is 0.721. The molecule has 1 aromatic heterocycles. The Labute approximate surface area is 126 Å². The molecule has 1 aliphatic rings. The second-order valence-corrected chi connectivity index (χ2v) is 5.67. The van der Waals surface area contributed by atoms with Crippen molar-refractivity contribution < 1.29 is 4.74 Å². The first-order chi connectivity index (χ1) is 10.3. The van der Waals surface area contributed by atoms with Crippen molar-refractivity contribution in [1.82, 2.24) is 15.1 Å². The van der Waals surface area contributed by atoms with E-state index in [2.05, 4.69) is 23.5 Å². The molecule has 21 heavy (non-hydrogen) atoms. The van der Waals surface area contributed by atoms with Gasteiger partial charge in [-0.15, -0.1) is 0 Å². The van der Waals surface area contributed by atoms with Gasteiger partial charge in [0.05, 0.1) is 12.3 Å². The number of aryl methyl sites for hydroxylation is 2. The predicted octanol–water partition coefficient (Wildman–Crippen LogP) is 2.91. The highest BCUT2D eigenvalue weighted by molar-refractivity contribution is 5.20. The normalized spacial score (nSPS) is 14.3. The van der Waals surface area contributed by atoms with Gasteiger partial charge in [-0.1, -0.05) is 18.2 Å². The third-order valence-electron chi connectivity index (χ3n) is 3.75. The van der Waals surface area contributed by atoms with E-state index < -0.39 is 0 Å². The van der Waals surface area contributed by atoms with Crippen LogP contribution in [0.4, 0.5) is 0 Å². The van der Waals surface area contributed by atoms with Gasteiger partial charge in [-0.05, 0) is 31.9 Å². The van der Waals surface area contributed by atoms with Crippen LogP contribution in [0.3, 0.4) is 0 Å². The first-order valence-corrected chi connectivity index (χ1v) is 7.75. The molecule has 3 rings (SSSR count). The topological polar surface area (TPSA) is 39.1 Å². The largest absolute Gasteiger partial charge is 0.494 e. The van der Waals surface area contributed by atoms with Gasteiger partial charge in [0.25, 0.3) is 0 Å². The summed E-state index contributed by atoms with van der Waals surface area (Å²) >= 11 is 0. The smallest absolute Gasteiger partial charge is 0.119 e. The lowest BCUT2D eigenvalue weighted by atomic mass is 10.2. The van der Waals surface area contributed by atoms with Gasteiger partial charge in [0.2, 0.25) is 0 Å². The molecule has 0 atom stereocenters. The molecule has 1 aromatic carbocycles. The minimum Gasteiger partial charge on any atom is -0.494 e. The first kappa shape index (κ1) is 14.1. The van der Waals surface area contributed by atoms with E-state index in [9.17, 15) is 0 Å². The highest BCUT2D eigenvalue weighted by Crippen LogP contribution is 2.19. The van der Waals surface area contributed by atoms with Gasteiger partial charge in [-0.2, -0.15) is 5.10 Å². The van der Waals surface area contributed by atoms with Crippen LogP contribution < -0.4 is 10.1 Å². The third-order valence-corrected chi connectivity index (χ3v) is 3.75. The molecule has 0 bridgehead atoms. The fourth-order valence-electron chi connectivity index (χ4n) is 2.32. The highest BCUT2D eigenvalue weighted by Gasteiger charge is 2.20. The Bertz CT molecular complexity index is 561. The zero-order chi connectivity index (χ0) is 14.5. The summed E-state index contributed by atoms with van der Waals surface area (Å²) in [5.41, 5.74) is 2.44. The van der Waals surface area contributed by atoms with E-state index in [1.807, 2.05) is 35.0 Å². The van der Waals surface area contributed by atoms with Gasteiger partial charge in [0.1, 0.15) is 5.75 Å². The second-order valence-electron chi connectivity index (χ2n) is 5.67. The molecule has 0 unspecified atom stereocenters. The summed E-state index contributed by atoms with van der Waals surface area (Å²) < 4.78 is 7.73. The van der Waals surface area contributed by atoms with Crippen molar-refractivity contribution >= 4 is 0 Å². The van der Waals surface area contributed by atoms with Gasteiger partial charge in [0, 0.05) is 37.3 Å². The van der Waals surface area contributed by atoms with Crippen LogP contribution in [0.5, 0.6) is 5.75 Å². The Morgan fingerprint density at radius 3 is 2.86 bits per heavy atom. The molecule has 1 aliphatic carbocycles. The molecular weight excluding hydrogens is 262 g/mol. The van der Waals surface area contributed by atoms with Crippen LogP contribution in [0.15, 0.2) is 36.5 Å². The number of benzene rings is 1. The van der Waals surface area contributed by atoms with E-state index in [4.69, 9.17) is 4.74 Å². The molecule has 4 nitrogen and oxygen atoms in total. The molecule has 0 radical (unpaired) electrons. The summed E-state index contributed by atoms with van der Waals surface area (Å²) in [6.45, 7) is 4.65. The van der Waals surface area contributed by atoms with E-state index in [0.717, 1.165) is 43.6 Å². The van der Waals surface area contributed by atoms with Crippen molar-refractivity contribution in [3.05, 3.63) is 47.8 Å². The summed E-state index contributed by atoms with van der Waals surface area (Å²) in [6, 6.07) is 10.7. The van der Waals surface area contributed by atoms with Crippen molar-refractivity contribution in [1.29, 1.82) is 0 Å². The van der Waals surface area contributed by atoms with Gasteiger partial charge < -0.3 is 10.1 Å². The summed E-state index contributed by atoms with van der Waals surface area (Å²) in [6.07, 6.45) is 5.77. The van der Waals surface area contributed by atoms with Crippen molar-refractivity contribution in [2.45, 2.75) is 45.3 Å². The number of ether oxygens (including phenoxy) is 1. The second kappa shape index (κ2) is 6.76. The number of hydrogen-bond donors (Lipinski definition) is 1. The molecule has 112 valence electrons. The van der Waals surface area contributed by atoms with Gasteiger partial charge in [-0.3, -0.25) is 4.68 Å². The zero-order valence-electron chi connectivity index (χ0n) is 12.6. The molecule has 2 aromatic rings. The molecular formula is C17H23N3O. The quantitative estimate of drug-likeness (QED) is 0.758. The Hall–Kier alpha value is -1.81. The lowest BCUT2D eigenvalue weighted by Gasteiger charge is -2.05. The van der Waals surface area contributed by atoms with Crippen LogP contribution in [0, 0.1) is 6.92 Å². The maximum absolute atomic E-state index is 5.70. The molecule has 0 spiro atoms. The zero-order valence-corrected chi connectivity index (χ0v) is 12.6. The number of hydrogen-bond acceptors (Lipinski definition) is 3. The standard InChI is InChI=1S/C17H23N3O/c1-14-15(12-18-16-8-9-16)13-20(19-14)10-5-11-21-17-6-3-2-4-7-17/h2-4,6-7,13,16,18H,5,8-12H2,1H3. The van der Waals surface area contributed by atoms with Crippen LogP contribution in [0.1, 0.15) is 30.5 Å². The SMILES string of the molecule is Cc1nn(CCCOc2ccccc2)cc1CNC1CC1. The fraction of sp³-hybridized carbons (Fsp3) is 0.471. The summed E-state index contributed by atoms with van der Waals surface area (Å²) in [5, 5.41) is 8.11. The first-order valence-electron chi connectivity index (χ1n) is 7.75. The van der Waals surface area contributed by atoms with Crippen molar-refractivity contribution in [3.8, 4) is 5.75 Å². The van der Waals surface area contributed by atoms with E-state index >= 15 is 0 Å². The van der Waals surface area contributed by atoms with Crippen LogP contribution in [0.25, 0.3) is 0 Å². The number of para-hydroxylation sites is 1. The molecule has 4 heteroatoms. The number of rotatable bonds is 8. The molecule has 1 fully saturated rings. The van der Waals surface area contributed by atoms with Crippen LogP contribution in [-0.2, 0) is 13.1 Å². The monoisotopic (exact) mass is 285 g/mol. The van der Waals surface area contributed by atoms with E-state index in [1.165, 1.54) is 18.4 Å². The van der Waals surface area contributed by atoms with Gasteiger partial charge in [-0.25, -0.2) is 0 Å². The van der Waals surface area contributed by atoms with Gasteiger partial charge in [0.15, 0.2) is 0 Å².